The lowest BCUT2D eigenvalue weighted by molar-refractivity contribution is 0.172. The molecule has 0 bridgehead atoms. The van der Waals surface area contributed by atoms with E-state index in [-0.39, 0.29) is 0 Å². The monoisotopic (exact) mass is 321 g/mol. The first kappa shape index (κ1) is 19.3. The van der Waals surface area contributed by atoms with Crippen LogP contribution >= 0.6 is 0 Å². The number of nitrogens with one attached hydrogen (secondary N) is 2. The lowest BCUT2D eigenvalue weighted by Gasteiger charge is -2.13. The lowest BCUT2D eigenvalue weighted by atomic mass is 10.1. The number of aliphatic imine (C=N–C) groups is 1. The molecule has 2 N–H and O–H groups in total. The normalized spacial score (nSPS) is 11.4. The van der Waals surface area contributed by atoms with Crippen LogP contribution in [-0.4, -0.2) is 39.4 Å². The third-order valence-electron chi connectivity index (χ3n) is 3.27. The number of benzene rings is 1. The number of hydrogen-bond acceptors (Lipinski definition) is 3. The summed E-state index contributed by atoms with van der Waals surface area (Å²) in [6, 6.07) is 6.26. The molecule has 0 atom stereocenters. The summed E-state index contributed by atoms with van der Waals surface area (Å²) in [4.78, 5) is 4.65. The molecule has 0 saturated heterocycles. The average Bonchev–Trinajstić information content (AvgIpc) is 2.55. The van der Waals surface area contributed by atoms with Crippen molar-refractivity contribution in [1.82, 2.24) is 10.6 Å². The Morgan fingerprint density at radius 3 is 2.70 bits per heavy atom. The predicted octanol–water partition coefficient (Wildman–Crippen LogP) is 2.88. The van der Waals surface area contributed by atoms with Crippen LogP contribution in [0.2, 0.25) is 0 Å². The molecule has 0 amide bonds. The standard InChI is InChI=1S/C18H31N3O2/c1-5-10-20-18(19-6-2)21-14-16-9-8-15(3)13-17(16)23-12-7-11-22-4/h8-9,13H,5-7,10-12,14H2,1-4H3,(H2,19,20,21). The van der Waals surface area contributed by atoms with Crippen molar-refractivity contribution in [2.45, 2.75) is 40.2 Å². The van der Waals surface area contributed by atoms with Gasteiger partial charge in [0.2, 0.25) is 0 Å². The van der Waals surface area contributed by atoms with Crippen molar-refractivity contribution in [2.75, 3.05) is 33.4 Å². The number of guanidine groups is 1. The zero-order chi connectivity index (χ0) is 16.9. The van der Waals surface area contributed by atoms with Crippen LogP contribution in [0, 0.1) is 6.92 Å². The van der Waals surface area contributed by atoms with E-state index in [1.54, 1.807) is 7.11 Å². The van der Waals surface area contributed by atoms with Crippen LogP contribution < -0.4 is 15.4 Å². The van der Waals surface area contributed by atoms with E-state index in [0.29, 0.717) is 19.8 Å². The van der Waals surface area contributed by atoms with Gasteiger partial charge in [-0.1, -0.05) is 19.1 Å². The van der Waals surface area contributed by atoms with Crippen LogP contribution in [0.4, 0.5) is 0 Å². The topological polar surface area (TPSA) is 54.9 Å². The Morgan fingerprint density at radius 1 is 1.17 bits per heavy atom. The summed E-state index contributed by atoms with van der Waals surface area (Å²) in [7, 11) is 1.71. The number of aryl methyl sites for hydroxylation is 1. The summed E-state index contributed by atoms with van der Waals surface area (Å²) in [5.41, 5.74) is 2.29. The summed E-state index contributed by atoms with van der Waals surface area (Å²) < 4.78 is 11.0. The quantitative estimate of drug-likeness (QED) is 0.395. The Balaban J connectivity index is 2.72. The van der Waals surface area contributed by atoms with Gasteiger partial charge >= 0.3 is 0 Å². The van der Waals surface area contributed by atoms with E-state index in [1.807, 2.05) is 0 Å². The van der Waals surface area contributed by atoms with Crippen molar-refractivity contribution >= 4 is 5.96 Å². The van der Waals surface area contributed by atoms with E-state index in [1.165, 1.54) is 5.56 Å². The van der Waals surface area contributed by atoms with Crippen molar-refractivity contribution in [2.24, 2.45) is 4.99 Å². The van der Waals surface area contributed by atoms with Crippen LogP contribution in [0.5, 0.6) is 5.75 Å². The summed E-state index contributed by atoms with van der Waals surface area (Å²) >= 11 is 0. The molecule has 0 saturated carbocycles. The highest BCUT2D eigenvalue weighted by atomic mass is 16.5. The maximum absolute atomic E-state index is 5.90. The van der Waals surface area contributed by atoms with Crippen LogP contribution in [0.3, 0.4) is 0 Å². The van der Waals surface area contributed by atoms with Gasteiger partial charge in [-0.15, -0.1) is 0 Å². The molecule has 0 unspecified atom stereocenters. The fraction of sp³-hybridized carbons (Fsp3) is 0.611. The molecule has 5 nitrogen and oxygen atoms in total. The van der Waals surface area contributed by atoms with Gasteiger partial charge in [-0.2, -0.15) is 0 Å². The number of methoxy groups -OCH3 is 1. The second-order valence-electron chi connectivity index (χ2n) is 5.43. The Morgan fingerprint density at radius 2 is 2.00 bits per heavy atom. The minimum absolute atomic E-state index is 0.596. The summed E-state index contributed by atoms with van der Waals surface area (Å²) in [6.07, 6.45) is 1.96. The number of ether oxygens (including phenoxy) is 2. The summed E-state index contributed by atoms with van der Waals surface area (Å²) in [5.74, 6) is 1.76. The van der Waals surface area contributed by atoms with Crippen LogP contribution in [0.1, 0.15) is 37.8 Å². The van der Waals surface area contributed by atoms with E-state index in [9.17, 15) is 0 Å². The van der Waals surface area contributed by atoms with Crippen molar-refractivity contribution < 1.29 is 9.47 Å². The van der Waals surface area contributed by atoms with Gasteiger partial charge in [-0.05, 0) is 31.9 Å². The predicted molar refractivity (Wildman–Crippen MR) is 96.3 cm³/mol. The smallest absolute Gasteiger partial charge is 0.191 e. The fourth-order valence-electron chi connectivity index (χ4n) is 2.06. The van der Waals surface area contributed by atoms with Gasteiger partial charge in [-0.3, -0.25) is 0 Å². The molecule has 23 heavy (non-hydrogen) atoms. The Kier molecular flexibility index (Phi) is 9.87. The van der Waals surface area contributed by atoms with Crippen LogP contribution in [0.25, 0.3) is 0 Å². The highest BCUT2D eigenvalue weighted by molar-refractivity contribution is 5.79. The number of nitrogens with zero attached hydrogens (tertiary/aromatic N) is 1. The second kappa shape index (κ2) is 11.8. The highest BCUT2D eigenvalue weighted by Gasteiger charge is 2.05. The highest BCUT2D eigenvalue weighted by Crippen LogP contribution is 2.21. The van der Waals surface area contributed by atoms with Crippen LogP contribution in [0.15, 0.2) is 23.2 Å². The van der Waals surface area contributed by atoms with Crippen LogP contribution in [-0.2, 0) is 11.3 Å². The van der Waals surface area contributed by atoms with Gasteiger partial charge in [0, 0.05) is 38.8 Å². The SMILES string of the molecule is CCCNC(=NCc1ccc(C)cc1OCCCOC)NCC. The van der Waals surface area contributed by atoms with Crippen molar-refractivity contribution in [1.29, 1.82) is 0 Å². The van der Waals surface area contributed by atoms with E-state index in [2.05, 4.69) is 54.6 Å². The van der Waals surface area contributed by atoms with Gasteiger partial charge in [0.15, 0.2) is 5.96 Å². The fourth-order valence-corrected chi connectivity index (χ4v) is 2.06. The molecule has 1 aromatic carbocycles. The maximum atomic E-state index is 5.90. The van der Waals surface area contributed by atoms with E-state index >= 15 is 0 Å². The largest absolute Gasteiger partial charge is 0.493 e. The molecule has 0 aromatic heterocycles. The number of rotatable bonds is 10. The maximum Gasteiger partial charge on any atom is 0.191 e. The van der Waals surface area contributed by atoms with E-state index in [4.69, 9.17) is 9.47 Å². The zero-order valence-corrected chi connectivity index (χ0v) is 14.9. The van der Waals surface area contributed by atoms with Crippen molar-refractivity contribution in [3.63, 3.8) is 0 Å². The molecular formula is C18H31N3O2. The zero-order valence-electron chi connectivity index (χ0n) is 14.9. The van der Waals surface area contributed by atoms with Crippen molar-refractivity contribution in [3.8, 4) is 5.75 Å². The van der Waals surface area contributed by atoms with Gasteiger partial charge in [0.1, 0.15) is 5.75 Å². The summed E-state index contributed by atoms with van der Waals surface area (Å²) in [5, 5.41) is 6.57. The molecule has 5 heteroatoms. The molecule has 1 rings (SSSR count). The first-order valence-corrected chi connectivity index (χ1v) is 8.44. The van der Waals surface area contributed by atoms with Gasteiger partial charge in [-0.25, -0.2) is 4.99 Å². The van der Waals surface area contributed by atoms with Crippen molar-refractivity contribution in [3.05, 3.63) is 29.3 Å². The Bertz CT molecular complexity index is 475. The third kappa shape index (κ3) is 7.88. The third-order valence-corrected chi connectivity index (χ3v) is 3.27. The Hall–Kier alpha value is -1.75. The number of hydrogen-bond donors (Lipinski definition) is 2. The Labute approximate surface area is 140 Å². The first-order valence-electron chi connectivity index (χ1n) is 8.44. The molecule has 0 radical (unpaired) electrons. The first-order chi connectivity index (χ1) is 11.2. The lowest BCUT2D eigenvalue weighted by Crippen LogP contribution is -2.37. The minimum atomic E-state index is 0.596. The van der Waals surface area contributed by atoms with Gasteiger partial charge in [0.05, 0.1) is 13.2 Å². The second-order valence-corrected chi connectivity index (χ2v) is 5.43. The minimum Gasteiger partial charge on any atom is -0.493 e. The van der Waals surface area contributed by atoms with E-state index < -0.39 is 0 Å². The summed E-state index contributed by atoms with van der Waals surface area (Å²) in [6.45, 7) is 10.0. The molecule has 0 fully saturated rings. The molecular weight excluding hydrogens is 290 g/mol. The molecule has 0 aliphatic carbocycles. The molecule has 0 heterocycles. The van der Waals surface area contributed by atoms with E-state index in [0.717, 1.165) is 43.2 Å². The molecule has 0 aliphatic rings. The molecule has 0 aliphatic heterocycles. The van der Waals surface area contributed by atoms with Gasteiger partial charge < -0.3 is 20.1 Å². The molecule has 1 aromatic rings. The molecule has 130 valence electrons. The van der Waals surface area contributed by atoms with Gasteiger partial charge in [0.25, 0.3) is 0 Å². The molecule has 0 spiro atoms. The average molecular weight is 321 g/mol.